The molecule has 0 spiro atoms. The molecule has 0 atom stereocenters. The van der Waals surface area contributed by atoms with E-state index < -0.39 is 17.7 Å². The van der Waals surface area contributed by atoms with E-state index in [1.165, 1.54) is 31.4 Å². The third-order valence-corrected chi connectivity index (χ3v) is 8.22. The van der Waals surface area contributed by atoms with Crippen LogP contribution in [-0.2, 0) is 28.0 Å². The Morgan fingerprint density at radius 3 is 2.45 bits per heavy atom. The van der Waals surface area contributed by atoms with Gasteiger partial charge in [-0.2, -0.15) is 13.2 Å². The molecular formula is C31H36F3NO4S. The molecule has 0 saturated heterocycles. The number of halogens is 3. The van der Waals surface area contributed by atoms with E-state index in [2.05, 4.69) is 11.9 Å². The van der Waals surface area contributed by atoms with E-state index >= 15 is 0 Å². The van der Waals surface area contributed by atoms with Crippen LogP contribution in [0.25, 0.3) is 11.3 Å². The number of ether oxygens (including phenoxy) is 2. The van der Waals surface area contributed by atoms with Gasteiger partial charge in [0, 0.05) is 27.8 Å². The molecule has 2 aromatic carbocycles. The Bertz CT molecular complexity index is 1270. The summed E-state index contributed by atoms with van der Waals surface area (Å²) in [6.45, 7) is 4.49. The summed E-state index contributed by atoms with van der Waals surface area (Å²) in [6, 6.07) is 13.4. The van der Waals surface area contributed by atoms with Gasteiger partial charge in [0.05, 0.1) is 18.7 Å². The Morgan fingerprint density at radius 2 is 1.80 bits per heavy atom. The summed E-state index contributed by atoms with van der Waals surface area (Å²) in [5.41, 5.74) is 1.86. The number of hydrogen-bond acceptors (Lipinski definition) is 6. The third-order valence-electron chi connectivity index (χ3n) is 7.18. The van der Waals surface area contributed by atoms with Gasteiger partial charge < -0.3 is 13.9 Å². The van der Waals surface area contributed by atoms with Gasteiger partial charge >= 0.3 is 12.1 Å². The zero-order valence-electron chi connectivity index (χ0n) is 23.2. The first-order chi connectivity index (χ1) is 19.1. The van der Waals surface area contributed by atoms with Gasteiger partial charge in [0.15, 0.2) is 6.61 Å². The van der Waals surface area contributed by atoms with Crippen LogP contribution in [0, 0.1) is 6.92 Å². The van der Waals surface area contributed by atoms with Crippen LogP contribution in [0.4, 0.5) is 13.2 Å². The number of carbonyl (C=O) groups excluding carboxylic acids is 1. The number of rotatable bonds is 11. The maximum Gasteiger partial charge on any atom is 0.416 e. The molecule has 0 unspecified atom stereocenters. The summed E-state index contributed by atoms with van der Waals surface area (Å²) in [4.78, 5) is 15.0. The predicted molar refractivity (Wildman–Crippen MR) is 150 cm³/mol. The van der Waals surface area contributed by atoms with E-state index in [0.29, 0.717) is 42.0 Å². The summed E-state index contributed by atoms with van der Waals surface area (Å²) in [7, 11) is 2.12. The van der Waals surface area contributed by atoms with Crippen LogP contribution in [0.15, 0.2) is 57.8 Å². The van der Waals surface area contributed by atoms with E-state index in [1.54, 1.807) is 18.7 Å². The van der Waals surface area contributed by atoms with E-state index in [9.17, 15) is 18.0 Å². The highest BCUT2D eigenvalue weighted by Crippen LogP contribution is 2.35. The number of aryl methyl sites for hydroxylation is 1. The largest absolute Gasteiger partial charge is 0.482 e. The van der Waals surface area contributed by atoms with Crippen LogP contribution in [0.1, 0.15) is 61.5 Å². The highest BCUT2D eigenvalue weighted by Gasteiger charge is 2.30. The van der Waals surface area contributed by atoms with Crippen molar-refractivity contribution in [2.24, 2.45) is 0 Å². The molecule has 5 nitrogen and oxygen atoms in total. The molecule has 3 aromatic rings. The Balaban J connectivity index is 1.50. The topological polar surface area (TPSA) is 51.9 Å². The van der Waals surface area contributed by atoms with Crippen molar-refractivity contribution in [3.8, 4) is 17.1 Å². The fourth-order valence-corrected chi connectivity index (χ4v) is 5.93. The number of carbonyl (C=O) groups is 1. The van der Waals surface area contributed by atoms with Gasteiger partial charge in [0.1, 0.15) is 17.3 Å². The minimum absolute atomic E-state index is 0.138. The Kier molecular flexibility index (Phi) is 10.2. The van der Waals surface area contributed by atoms with E-state index in [0.717, 1.165) is 46.8 Å². The molecule has 4 rings (SSSR count). The van der Waals surface area contributed by atoms with E-state index in [-0.39, 0.29) is 6.61 Å². The van der Waals surface area contributed by atoms with Gasteiger partial charge in [-0.05, 0) is 75.7 Å². The Labute approximate surface area is 238 Å². The fraction of sp³-hybridized carbons (Fsp3) is 0.452. The van der Waals surface area contributed by atoms with Crippen LogP contribution >= 0.6 is 11.8 Å². The lowest BCUT2D eigenvalue weighted by molar-refractivity contribution is -0.145. The molecule has 9 heteroatoms. The van der Waals surface area contributed by atoms with Gasteiger partial charge in [-0.3, -0.25) is 4.90 Å². The number of thioether (sulfide) groups is 1. The molecule has 1 aromatic heterocycles. The first kappa shape index (κ1) is 30.1. The number of furan rings is 1. The van der Waals surface area contributed by atoms with Crippen LogP contribution in [0.3, 0.4) is 0 Å². The van der Waals surface area contributed by atoms with Crippen LogP contribution in [0.2, 0.25) is 0 Å². The second kappa shape index (κ2) is 13.6. The molecule has 0 bridgehead atoms. The number of esters is 1. The second-order valence-electron chi connectivity index (χ2n) is 10.2. The van der Waals surface area contributed by atoms with Crippen molar-refractivity contribution in [3.05, 3.63) is 71.0 Å². The maximum atomic E-state index is 13.1. The first-order valence-electron chi connectivity index (χ1n) is 13.7. The molecule has 1 fully saturated rings. The average molecular weight is 576 g/mol. The number of hydrogen-bond donors (Lipinski definition) is 0. The quantitative estimate of drug-likeness (QED) is 0.169. The predicted octanol–water partition coefficient (Wildman–Crippen LogP) is 8.27. The summed E-state index contributed by atoms with van der Waals surface area (Å²) in [5.74, 6) is 2.26. The van der Waals surface area contributed by atoms with Crippen molar-refractivity contribution in [2.45, 2.75) is 75.4 Å². The fourth-order valence-electron chi connectivity index (χ4n) is 4.94. The van der Waals surface area contributed by atoms with Crippen molar-refractivity contribution in [3.63, 3.8) is 0 Å². The molecule has 1 aliphatic rings. The van der Waals surface area contributed by atoms with Crippen molar-refractivity contribution in [1.29, 1.82) is 0 Å². The number of benzene rings is 2. The van der Waals surface area contributed by atoms with Gasteiger partial charge in [0.2, 0.25) is 0 Å². The molecule has 1 saturated carbocycles. The standard InChI is InChI=1S/C31H36F3NO4S/c1-4-37-30(36)19-38-27-15-14-26(16-21(27)2)40-20-23-17-28(22-10-12-24(13-11-22)31(32,33)34)39-29(23)18-35(3)25-8-6-5-7-9-25/h10-17,25H,4-9,18-20H2,1-3H3. The minimum atomic E-state index is -4.38. The third kappa shape index (κ3) is 8.07. The van der Waals surface area contributed by atoms with E-state index in [4.69, 9.17) is 13.9 Å². The molecule has 1 heterocycles. The lowest BCUT2D eigenvalue weighted by Crippen LogP contribution is -2.32. The molecule has 0 radical (unpaired) electrons. The molecule has 0 amide bonds. The average Bonchev–Trinajstić information content (AvgIpc) is 3.34. The summed E-state index contributed by atoms with van der Waals surface area (Å²) in [6.07, 6.45) is 1.68. The SMILES string of the molecule is CCOC(=O)COc1ccc(SCc2cc(-c3ccc(C(F)(F)F)cc3)oc2CN(C)C2CCCCC2)cc1C. The smallest absolute Gasteiger partial charge is 0.416 e. The van der Waals surface area contributed by atoms with Crippen LogP contribution in [-0.4, -0.2) is 37.2 Å². The highest BCUT2D eigenvalue weighted by atomic mass is 32.2. The zero-order valence-corrected chi connectivity index (χ0v) is 24.0. The normalized spacial score (nSPS) is 14.5. The summed E-state index contributed by atoms with van der Waals surface area (Å²) >= 11 is 1.65. The Hall–Kier alpha value is -2.91. The molecule has 0 N–H and O–H groups in total. The second-order valence-corrected chi connectivity index (χ2v) is 11.2. The van der Waals surface area contributed by atoms with Gasteiger partial charge in [-0.25, -0.2) is 4.79 Å². The molecule has 216 valence electrons. The monoisotopic (exact) mass is 575 g/mol. The van der Waals surface area contributed by atoms with Crippen molar-refractivity contribution in [1.82, 2.24) is 4.90 Å². The number of alkyl halides is 3. The molecule has 1 aliphatic carbocycles. The van der Waals surface area contributed by atoms with Crippen molar-refractivity contribution < 1.29 is 31.9 Å². The summed E-state index contributed by atoms with van der Waals surface area (Å²) < 4.78 is 56.0. The lowest BCUT2D eigenvalue weighted by Gasteiger charge is -2.30. The first-order valence-corrected chi connectivity index (χ1v) is 14.6. The van der Waals surface area contributed by atoms with E-state index in [1.807, 2.05) is 31.2 Å². The number of nitrogens with zero attached hydrogens (tertiary/aromatic N) is 1. The minimum Gasteiger partial charge on any atom is -0.482 e. The Morgan fingerprint density at radius 1 is 1.07 bits per heavy atom. The van der Waals surface area contributed by atoms with Gasteiger partial charge in [0.25, 0.3) is 0 Å². The van der Waals surface area contributed by atoms with Crippen molar-refractivity contribution in [2.75, 3.05) is 20.3 Å². The lowest BCUT2D eigenvalue weighted by atomic mass is 9.94. The van der Waals surface area contributed by atoms with Gasteiger partial charge in [-0.15, -0.1) is 11.8 Å². The zero-order chi connectivity index (χ0) is 28.7. The van der Waals surface area contributed by atoms with Crippen LogP contribution < -0.4 is 4.74 Å². The van der Waals surface area contributed by atoms with Crippen LogP contribution in [0.5, 0.6) is 5.75 Å². The van der Waals surface area contributed by atoms with Gasteiger partial charge in [-0.1, -0.05) is 31.4 Å². The van der Waals surface area contributed by atoms with Crippen molar-refractivity contribution >= 4 is 17.7 Å². The highest BCUT2D eigenvalue weighted by molar-refractivity contribution is 7.98. The summed E-state index contributed by atoms with van der Waals surface area (Å²) in [5, 5.41) is 0. The molecule has 0 aliphatic heterocycles. The maximum absolute atomic E-state index is 13.1. The molecular weight excluding hydrogens is 539 g/mol. The molecule has 40 heavy (non-hydrogen) atoms.